The van der Waals surface area contributed by atoms with Crippen LogP contribution >= 0.6 is 12.4 Å². The molecule has 3 heterocycles. The summed E-state index contributed by atoms with van der Waals surface area (Å²) in [5.41, 5.74) is 18.3. The van der Waals surface area contributed by atoms with Gasteiger partial charge in [0.2, 0.25) is 17.7 Å². The average molecular weight is 875 g/mol. The fraction of sp³-hybridized carbons (Fsp3) is 0.462. The first-order valence-electron chi connectivity index (χ1n) is 23.0. The van der Waals surface area contributed by atoms with Gasteiger partial charge in [-0.2, -0.15) is 0 Å². The van der Waals surface area contributed by atoms with Crippen LogP contribution in [0.4, 0.5) is 11.4 Å². The largest absolute Gasteiger partial charge is 0.478 e. The maximum Gasteiger partial charge on any atom is 0.226 e. The fourth-order valence-electron chi connectivity index (χ4n) is 10.2. The number of carbonyl (C=O) groups is 2. The Morgan fingerprint density at radius 1 is 0.714 bits per heavy atom. The van der Waals surface area contributed by atoms with E-state index >= 15 is 0 Å². The number of anilines is 2. The summed E-state index contributed by atoms with van der Waals surface area (Å²) in [6, 6.07) is 32.0. The first-order chi connectivity index (χ1) is 30.0. The quantitative estimate of drug-likeness (QED) is 0.0355. The van der Waals surface area contributed by atoms with Crippen LogP contribution in [0.25, 0.3) is 22.4 Å². The Bertz CT molecular complexity index is 2310. The van der Waals surface area contributed by atoms with Gasteiger partial charge in [-0.3, -0.25) is 15.0 Å². The highest BCUT2D eigenvalue weighted by molar-refractivity contribution is 5.93. The molecule has 2 saturated heterocycles. The lowest BCUT2D eigenvalue weighted by Gasteiger charge is -2.25. The molecule has 0 spiro atoms. The number of ether oxygens (including phenoxy) is 1. The van der Waals surface area contributed by atoms with Crippen molar-refractivity contribution in [3.63, 3.8) is 0 Å². The zero-order chi connectivity index (χ0) is 44.0. The molecule has 4 aromatic carbocycles. The minimum absolute atomic E-state index is 0. The molecule has 2 saturated carbocycles. The van der Waals surface area contributed by atoms with E-state index in [9.17, 15) is 9.59 Å². The summed E-state index contributed by atoms with van der Waals surface area (Å²) < 4.78 is 5.32. The third-order valence-corrected chi connectivity index (χ3v) is 14.2. The SMILES string of the molecule is CCCCCCN1CC2C(C1=O)C2(C)c1cccc(-c2nc3ccccc3[nH]2)c1.CCCCCCN1CC2C(C1=O)C2(C)c1cccc(C(=N)OCC)c1.Cl.Nc1ccccc1N. The first kappa shape index (κ1) is 47.1. The molecule has 1 aromatic heterocycles. The molecule has 11 heteroatoms. The van der Waals surface area contributed by atoms with E-state index in [4.69, 9.17) is 26.6 Å². The number of piperidine rings is 2. The maximum atomic E-state index is 13.0. The molecule has 6 atom stereocenters. The Kier molecular flexibility index (Phi) is 15.3. The Hall–Kier alpha value is -5.35. The van der Waals surface area contributed by atoms with Gasteiger partial charge >= 0.3 is 0 Å². The summed E-state index contributed by atoms with van der Waals surface area (Å²) in [5.74, 6) is 2.94. The van der Waals surface area contributed by atoms with Crippen molar-refractivity contribution in [2.45, 2.75) is 96.8 Å². The molecule has 9 rings (SSSR count). The van der Waals surface area contributed by atoms with Crippen LogP contribution in [0.5, 0.6) is 0 Å². The van der Waals surface area contributed by atoms with E-state index in [1.807, 2.05) is 55.5 Å². The summed E-state index contributed by atoms with van der Waals surface area (Å²) >= 11 is 0. The molecule has 336 valence electrons. The molecule has 4 aliphatic rings. The Labute approximate surface area is 380 Å². The highest BCUT2D eigenvalue weighted by Gasteiger charge is 2.71. The van der Waals surface area contributed by atoms with Crippen LogP contribution in [0.15, 0.2) is 97.1 Å². The van der Waals surface area contributed by atoms with E-state index in [2.05, 4.69) is 78.9 Å². The number of H-pyrrole nitrogens is 1. The van der Waals surface area contributed by atoms with Gasteiger partial charge in [0.05, 0.1) is 40.9 Å². The number of rotatable bonds is 15. The van der Waals surface area contributed by atoms with Gasteiger partial charge in [0.15, 0.2) is 0 Å². The van der Waals surface area contributed by atoms with E-state index in [-0.39, 0.29) is 41.0 Å². The van der Waals surface area contributed by atoms with Gasteiger partial charge < -0.3 is 31.0 Å². The number of benzene rings is 4. The number of para-hydroxylation sites is 4. The van der Waals surface area contributed by atoms with Crippen LogP contribution in [0.2, 0.25) is 0 Å². The predicted octanol–water partition coefficient (Wildman–Crippen LogP) is 10.4. The van der Waals surface area contributed by atoms with E-state index in [1.165, 1.54) is 49.7 Å². The van der Waals surface area contributed by atoms with Crippen molar-refractivity contribution < 1.29 is 14.3 Å². The number of unbranched alkanes of at least 4 members (excludes halogenated alkanes) is 6. The molecular formula is C52H68ClN7O3. The second kappa shape index (κ2) is 20.4. The normalized spacial score (nSPS) is 23.8. The van der Waals surface area contributed by atoms with Crippen molar-refractivity contribution in [2.24, 2.45) is 23.7 Å². The number of aromatic nitrogens is 2. The number of amides is 2. The van der Waals surface area contributed by atoms with Crippen LogP contribution in [0, 0.1) is 29.1 Å². The van der Waals surface area contributed by atoms with E-state index in [1.54, 1.807) is 12.1 Å². The van der Waals surface area contributed by atoms with Crippen LogP contribution < -0.4 is 11.5 Å². The van der Waals surface area contributed by atoms with E-state index < -0.39 is 0 Å². The number of imidazole rings is 1. The van der Waals surface area contributed by atoms with Gasteiger partial charge in [-0.05, 0) is 85.2 Å². The number of hydrogen-bond acceptors (Lipinski definition) is 7. The van der Waals surface area contributed by atoms with E-state index in [0.717, 1.165) is 67.0 Å². The van der Waals surface area contributed by atoms with Crippen molar-refractivity contribution in [3.05, 3.63) is 114 Å². The molecule has 6 unspecified atom stereocenters. The number of hydrogen-bond donors (Lipinski definition) is 4. The molecular weight excluding hydrogens is 806 g/mol. The fourth-order valence-corrected chi connectivity index (χ4v) is 10.2. The molecule has 0 radical (unpaired) electrons. The number of likely N-dealkylation sites (tertiary alicyclic amines) is 2. The van der Waals surface area contributed by atoms with Crippen LogP contribution in [0.3, 0.4) is 0 Å². The topological polar surface area (TPSA) is 154 Å². The number of fused-ring (bicyclic) bond motifs is 3. The molecule has 0 bridgehead atoms. The lowest BCUT2D eigenvalue weighted by Crippen LogP contribution is -2.34. The van der Waals surface area contributed by atoms with Gasteiger partial charge in [0.25, 0.3) is 0 Å². The molecule has 2 aliphatic carbocycles. The van der Waals surface area contributed by atoms with Crippen LogP contribution in [0.1, 0.15) is 103 Å². The summed E-state index contributed by atoms with van der Waals surface area (Å²) in [7, 11) is 0. The second-order valence-corrected chi connectivity index (χ2v) is 18.1. The second-order valence-electron chi connectivity index (χ2n) is 18.1. The molecule has 6 N–H and O–H groups in total. The minimum atomic E-state index is -0.0699. The van der Waals surface area contributed by atoms with E-state index in [0.29, 0.717) is 41.6 Å². The molecule has 63 heavy (non-hydrogen) atoms. The van der Waals surface area contributed by atoms with Gasteiger partial charge in [-0.15, -0.1) is 12.4 Å². The summed E-state index contributed by atoms with van der Waals surface area (Å²) in [5, 5.41) is 8.00. The third-order valence-electron chi connectivity index (χ3n) is 14.2. The minimum Gasteiger partial charge on any atom is -0.478 e. The summed E-state index contributed by atoms with van der Waals surface area (Å²) in [4.78, 5) is 38.1. The highest BCUT2D eigenvalue weighted by atomic mass is 35.5. The summed E-state index contributed by atoms with van der Waals surface area (Å²) in [6.45, 7) is 14.9. The zero-order valence-electron chi connectivity index (χ0n) is 37.9. The van der Waals surface area contributed by atoms with Crippen molar-refractivity contribution in [2.75, 3.05) is 44.3 Å². The standard InChI is InChI=1S/C25H29N3O.C21H30N2O2.C6H8N2.ClH/c1-3-4-5-8-14-28-16-19-22(24(28)29)25(19,2)18-11-9-10-17(15-18)23-26-20-12-6-7-13-21(20)27-23;1-4-6-7-8-12-23-14-17-18(20(23)24)21(17,3)16-11-9-10-15(13-16)19(22)25-5-2;7-5-3-1-2-4-6(5)8;/h6-7,9-13,15,19,22H,3-5,8,14,16H2,1-2H3,(H,26,27);9-11,13,17-18,22H,4-8,12,14H2,1-3H3;1-4H,7-8H2;1H. The number of nitrogens with two attached hydrogens (primary N) is 2. The Balaban J connectivity index is 0.000000177. The highest BCUT2D eigenvalue weighted by Crippen LogP contribution is 2.65. The lowest BCUT2D eigenvalue weighted by atomic mass is 9.90. The van der Waals surface area contributed by atoms with Crippen molar-refractivity contribution in [1.29, 1.82) is 5.41 Å². The molecule has 10 nitrogen and oxygen atoms in total. The Morgan fingerprint density at radius 3 is 1.73 bits per heavy atom. The first-order valence-corrected chi connectivity index (χ1v) is 23.0. The number of nitrogens with one attached hydrogen (secondary N) is 2. The summed E-state index contributed by atoms with van der Waals surface area (Å²) in [6.07, 6.45) is 9.68. The average Bonchev–Trinajstić information content (AvgIpc) is 3.73. The number of halogens is 1. The van der Waals surface area contributed by atoms with Crippen molar-refractivity contribution in [1.82, 2.24) is 19.8 Å². The monoisotopic (exact) mass is 874 g/mol. The van der Waals surface area contributed by atoms with Crippen molar-refractivity contribution >= 4 is 52.5 Å². The van der Waals surface area contributed by atoms with Gasteiger partial charge in [0, 0.05) is 48.1 Å². The molecule has 5 aromatic rings. The van der Waals surface area contributed by atoms with Crippen LogP contribution in [-0.4, -0.2) is 70.3 Å². The van der Waals surface area contributed by atoms with Gasteiger partial charge in [0.1, 0.15) is 5.82 Å². The number of aromatic amines is 1. The number of nitrogen functional groups attached to an aromatic ring is 2. The third kappa shape index (κ3) is 9.76. The van der Waals surface area contributed by atoms with Crippen molar-refractivity contribution in [3.8, 4) is 11.4 Å². The zero-order valence-corrected chi connectivity index (χ0v) is 38.7. The number of carbonyl (C=O) groups excluding carboxylic acids is 2. The molecule has 2 aliphatic heterocycles. The Morgan fingerprint density at radius 2 is 1.24 bits per heavy atom. The van der Waals surface area contributed by atoms with Gasteiger partial charge in [-0.1, -0.05) is 121 Å². The predicted molar refractivity (Wildman–Crippen MR) is 259 cm³/mol. The van der Waals surface area contributed by atoms with Crippen LogP contribution in [-0.2, 0) is 25.2 Å². The number of nitrogens with zero attached hydrogens (tertiary/aromatic N) is 3. The molecule has 2 amide bonds. The van der Waals surface area contributed by atoms with Gasteiger partial charge in [-0.25, -0.2) is 4.98 Å². The molecule has 4 fully saturated rings. The smallest absolute Gasteiger partial charge is 0.226 e. The lowest BCUT2D eigenvalue weighted by molar-refractivity contribution is -0.131. The maximum absolute atomic E-state index is 13.0.